The van der Waals surface area contributed by atoms with E-state index in [0.29, 0.717) is 0 Å². The van der Waals surface area contributed by atoms with Gasteiger partial charge in [-0.1, -0.05) is 0 Å². The zero-order valence-electron chi connectivity index (χ0n) is 14.5. The number of nitro groups is 1. The lowest BCUT2D eigenvalue weighted by molar-refractivity contribution is -0.384. The Bertz CT molecular complexity index is 734. The third-order valence-electron chi connectivity index (χ3n) is 3.73. The number of carbonyl (C=O) groups excluding carboxylic acids is 3. The molecule has 0 aliphatic carbocycles. The predicted molar refractivity (Wildman–Crippen MR) is 87.4 cm³/mol. The number of nitrogens with zero attached hydrogens (tertiary/aromatic N) is 1. The van der Waals surface area contributed by atoms with Crippen molar-refractivity contribution < 1.29 is 38.6 Å². The van der Waals surface area contributed by atoms with E-state index < -0.39 is 53.9 Å². The van der Waals surface area contributed by atoms with Gasteiger partial charge in [-0.2, -0.15) is 0 Å². The molecular weight excluding hydrogens is 364 g/mol. The number of hydrogen-bond acceptors (Lipinski definition) is 9. The van der Waals surface area contributed by atoms with E-state index in [2.05, 4.69) is 5.32 Å². The Morgan fingerprint density at radius 2 is 1.78 bits per heavy atom. The molecule has 0 aromatic heterocycles. The fourth-order valence-corrected chi connectivity index (χ4v) is 2.60. The molecule has 4 atom stereocenters. The molecule has 11 nitrogen and oxygen atoms in total. The molecule has 0 radical (unpaired) electrons. The van der Waals surface area contributed by atoms with Gasteiger partial charge in [0, 0.05) is 31.5 Å². The molecule has 2 N–H and O–H groups in total. The highest BCUT2D eigenvalue weighted by molar-refractivity contribution is 5.94. The maximum absolute atomic E-state index is 12.4. The van der Waals surface area contributed by atoms with E-state index in [1.165, 1.54) is 12.1 Å². The largest absolute Gasteiger partial charge is 0.454 e. The summed E-state index contributed by atoms with van der Waals surface area (Å²) in [4.78, 5) is 45.1. The van der Waals surface area contributed by atoms with Crippen molar-refractivity contribution in [1.82, 2.24) is 5.32 Å². The average Bonchev–Trinajstić information content (AvgIpc) is 2.90. The van der Waals surface area contributed by atoms with Gasteiger partial charge >= 0.3 is 11.9 Å². The molecule has 1 saturated heterocycles. The molecule has 0 spiro atoms. The highest BCUT2D eigenvalue weighted by atomic mass is 16.7. The van der Waals surface area contributed by atoms with Crippen LogP contribution in [0.25, 0.3) is 0 Å². The molecule has 11 heteroatoms. The van der Waals surface area contributed by atoms with Gasteiger partial charge in [0.25, 0.3) is 11.6 Å². The van der Waals surface area contributed by atoms with Gasteiger partial charge in [0.15, 0.2) is 6.10 Å². The van der Waals surface area contributed by atoms with Crippen LogP contribution in [0.2, 0.25) is 0 Å². The number of nitro benzene ring substituents is 1. The van der Waals surface area contributed by atoms with Crippen LogP contribution in [0.3, 0.4) is 0 Å². The number of amides is 1. The lowest BCUT2D eigenvalue weighted by atomic mass is 10.1. The molecule has 2 rings (SSSR count). The number of benzene rings is 1. The summed E-state index contributed by atoms with van der Waals surface area (Å²) in [6.45, 7) is 1.72. The van der Waals surface area contributed by atoms with Gasteiger partial charge in [-0.3, -0.25) is 24.5 Å². The Balaban J connectivity index is 2.20. The number of esters is 2. The number of carbonyl (C=O) groups is 3. The van der Waals surface area contributed by atoms with Crippen LogP contribution in [0, 0.1) is 10.1 Å². The molecule has 146 valence electrons. The molecule has 1 aromatic rings. The van der Waals surface area contributed by atoms with E-state index in [-0.39, 0.29) is 11.3 Å². The Labute approximate surface area is 153 Å². The summed E-state index contributed by atoms with van der Waals surface area (Å²) >= 11 is 0. The first-order valence-electron chi connectivity index (χ1n) is 7.89. The SMILES string of the molecule is CC(=O)OC1O[C@H](CO)[C@@H](NC(=O)c2ccc([N+](=O)[O-])cc2)[C@H]1OC(C)=O. The Morgan fingerprint density at radius 3 is 2.26 bits per heavy atom. The van der Waals surface area contributed by atoms with Crippen LogP contribution in [-0.4, -0.2) is 59.0 Å². The van der Waals surface area contributed by atoms with Crippen molar-refractivity contribution in [3.8, 4) is 0 Å². The summed E-state index contributed by atoms with van der Waals surface area (Å²) in [5.74, 6) is -2.04. The van der Waals surface area contributed by atoms with Crippen LogP contribution in [0.4, 0.5) is 5.69 Å². The monoisotopic (exact) mass is 382 g/mol. The molecule has 1 fully saturated rings. The van der Waals surface area contributed by atoms with Gasteiger partial charge in [-0.05, 0) is 12.1 Å². The lowest BCUT2D eigenvalue weighted by Crippen LogP contribution is -2.50. The minimum absolute atomic E-state index is 0.106. The van der Waals surface area contributed by atoms with Gasteiger partial charge in [0.05, 0.1) is 11.5 Å². The van der Waals surface area contributed by atoms with E-state index in [4.69, 9.17) is 14.2 Å². The number of aliphatic hydroxyl groups excluding tert-OH is 1. The number of ether oxygens (including phenoxy) is 3. The number of hydrogen-bond donors (Lipinski definition) is 2. The molecule has 27 heavy (non-hydrogen) atoms. The van der Waals surface area contributed by atoms with Crippen LogP contribution in [0.1, 0.15) is 24.2 Å². The molecule has 0 saturated carbocycles. The lowest BCUT2D eigenvalue weighted by Gasteiger charge is -2.23. The number of rotatable bonds is 6. The first-order chi connectivity index (χ1) is 12.7. The zero-order chi connectivity index (χ0) is 20.1. The second kappa shape index (κ2) is 8.56. The summed E-state index contributed by atoms with van der Waals surface area (Å²) in [7, 11) is 0. The minimum Gasteiger partial charge on any atom is -0.454 e. The van der Waals surface area contributed by atoms with Crippen molar-refractivity contribution in [3.63, 3.8) is 0 Å². The highest BCUT2D eigenvalue weighted by Gasteiger charge is 2.49. The summed E-state index contributed by atoms with van der Waals surface area (Å²) < 4.78 is 15.4. The van der Waals surface area contributed by atoms with Gasteiger partial charge in [-0.15, -0.1) is 0 Å². The second-order valence-corrected chi connectivity index (χ2v) is 5.71. The number of nitrogens with one attached hydrogen (secondary N) is 1. The van der Waals surface area contributed by atoms with Crippen LogP contribution < -0.4 is 5.32 Å². The zero-order valence-corrected chi connectivity index (χ0v) is 14.5. The van der Waals surface area contributed by atoms with Crippen LogP contribution >= 0.6 is 0 Å². The van der Waals surface area contributed by atoms with Gasteiger partial charge in [0.1, 0.15) is 12.1 Å². The standard InChI is InChI=1S/C16H18N2O9/c1-8(20)25-14-13(12(7-19)27-16(14)26-9(2)21)17-15(22)10-3-5-11(6-4-10)18(23)24/h3-6,12-14,16,19H,7H2,1-2H3,(H,17,22)/t12-,13-,14-,16?/m1/s1. The minimum atomic E-state index is -1.30. The fraction of sp³-hybridized carbons (Fsp3) is 0.438. The van der Waals surface area contributed by atoms with Gasteiger partial charge < -0.3 is 24.6 Å². The molecule has 1 aromatic carbocycles. The molecule has 1 aliphatic heterocycles. The first-order valence-corrected chi connectivity index (χ1v) is 7.89. The Kier molecular flexibility index (Phi) is 6.42. The highest BCUT2D eigenvalue weighted by Crippen LogP contribution is 2.26. The summed E-state index contributed by atoms with van der Waals surface area (Å²) in [6.07, 6.45) is -3.48. The van der Waals surface area contributed by atoms with Crippen molar-refractivity contribution in [2.45, 2.75) is 38.4 Å². The molecular formula is C16H18N2O9. The van der Waals surface area contributed by atoms with E-state index in [0.717, 1.165) is 26.0 Å². The van der Waals surface area contributed by atoms with Gasteiger partial charge in [0.2, 0.25) is 6.29 Å². The number of aliphatic hydroxyl groups is 1. The Hall–Kier alpha value is -3.05. The smallest absolute Gasteiger partial charge is 0.305 e. The summed E-state index contributed by atoms with van der Waals surface area (Å²) in [5.41, 5.74) is -0.0773. The Morgan fingerprint density at radius 1 is 1.19 bits per heavy atom. The number of non-ortho nitro benzene ring substituents is 1. The maximum atomic E-state index is 12.4. The molecule has 1 aliphatic rings. The topological polar surface area (TPSA) is 154 Å². The predicted octanol–water partition coefficient (Wildman–Crippen LogP) is -0.0948. The van der Waals surface area contributed by atoms with Crippen molar-refractivity contribution in [2.24, 2.45) is 0 Å². The molecule has 1 unspecified atom stereocenters. The normalized spacial score (nSPS) is 24.1. The first kappa shape index (κ1) is 20.3. The molecule has 0 bridgehead atoms. The molecule has 1 amide bonds. The van der Waals surface area contributed by atoms with E-state index in [1.807, 2.05) is 0 Å². The van der Waals surface area contributed by atoms with E-state index in [9.17, 15) is 29.6 Å². The van der Waals surface area contributed by atoms with Crippen LogP contribution in [0.5, 0.6) is 0 Å². The summed E-state index contributed by atoms with van der Waals surface area (Å²) in [5, 5.41) is 22.7. The molecule has 1 heterocycles. The van der Waals surface area contributed by atoms with Crippen molar-refractivity contribution in [3.05, 3.63) is 39.9 Å². The third-order valence-corrected chi connectivity index (χ3v) is 3.73. The van der Waals surface area contributed by atoms with Crippen LogP contribution in [0.15, 0.2) is 24.3 Å². The van der Waals surface area contributed by atoms with E-state index >= 15 is 0 Å². The fourth-order valence-electron chi connectivity index (χ4n) is 2.60. The summed E-state index contributed by atoms with van der Waals surface area (Å²) in [6, 6.07) is 3.82. The quantitative estimate of drug-likeness (QED) is 0.390. The third kappa shape index (κ3) is 4.99. The van der Waals surface area contributed by atoms with Gasteiger partial charge in [-0.25, -0.2) is 0 Å². The van der Waals surface area contributed by atoms with Crippen molar-refractivity contribution >= 4 is 23.5 Å². The van der Waals surface area contributed by atoms with E-state index in [1.54, 1.807) is 0 Å². The second-order valence-electron chi connectivity index (χ2n) is 5.71. The van der Waals surface area contributed by atoms with Crippen molar-refractivity contribution in [1.29, 1.82) is 0 Å². The van der Waals surface area contributed by atoms with Crippen LogP contribution in [-0.2, 0) is 23.8 Å². The average molecular weight is 382 g/mol. The van der Waals surface area contributed by atoms with Crippen molar-refractivity contribution in [2.75, 3.05) is 6.61 Å². The maximum Gasteiger partial charge on any atom is 0.305 e.